The van der Waals surface area contributed by atoms with Crippen LogP contribution in [0.2, 0.25) is 0 Å². The smallest absolute Gasteiger partial charge is 0.191 e. The Labute approximate surface area is 925 Å². The summed E-state index contributed by atoms with van der Waals surface area (Å²) in [6.07, 6.45) is -73.9. The van der Waals surface area contributed by atoms with Crippen molar-refractivity contribution < 1.29 is 177 Å². The molecule has 0 saturated heterocycles. The molecule has 48 heteroatoms. The van der Waals surface area contributed by atoms with Gasteiger partial charge in [0.05, 0.1) is 156 Å². The predicted molar refractivity (Wildman–Crippen MR) is 530 cm³/mol. The second-order valence-corrected chi connectivity index (χ2v) is 34.4. The standard InChI is InChI=1S/4C24H31FN6O4S/c4*1-3-8-36-24-27-22(26-16-10-14(16)13-5-4-12(2)15(25)9-13)19-23(28-24)31(30-29-19)17-11-18(35-7-6-32)21(34)20(17)33/h4*4-5,9,14,16-18,20-21,32-34H,3,6-8,10-11H2,1-2H3,(H,26,27,28)/t4*14-,16+,17+,18-,20-,21+/m0000/s1/i4D,5D,6D2,7D2,9D,10D2,11D2,16D,17D,18D,20D,21D;4D,5D,8D2,9D,10D2,11D2,16D,17D,18D,20D,21D;4D,5D,7D2,9D,10D2,11D2,16D,17D,18D,20D,21D;4D,5D,6D2,9D,10D2,11D2,16D,17D,18D,20D,21D. The van der Waals surface area contributed by atoms with E-state index in [9.17, 15) is 78.8 Å². The van der Waals surface area contributed by atoms with Crippen LogP contribution in [0.4, 0.5) is 40.8 Å². The number of rotatable bonds is 40. The monoisotopic (exact) mass is 2130 g/mol. The average molecular weight is 2130 g/mol. The summed E-state index contributed by atoms with van der Waals surface area (Å²) in [6, 6.07) is -34.4. The molecule has 0 aliphatic heterocycles. The van der Waals surface area contributed by atoms with Gasteiger partial charge in [0.25, 0.3) is 0 Å². The molecule has 0 unspecified atom stereocenters. The van der Waals surface area contributed by atoms with Gasteiger partial charge in [-0.05, 0) is 148 Å². The lowest BCUT2D eigenvalue weighted by Gasteiger charge is -2.17. The normalized spacial score (nSPS) is 47.0. The first-order chi connectivity index (χ1) is 91.4. The Morgan fingerprint density at radius 1 is 0.361 bits per heavy atom. The van der Waals surface area contributed by atoms with E-state index in [0.29, 0.717) is 48.3 Å². The molecule has 8 aliphatic rings. The summed E-state index contributed by atoms with van der Waals surface area (Å²) in [5, 5.41) is 165. The molecule has 0 spiro atoms. The summed E-state index contributed by atoms with van der Waals surface area (Å²) < 4.78 is 566. The molecule has 24 atom stereocenters. The Morgan fingerprint density at radius 3 is 0.903 bits per heavy atom. The summed E-state index contributed by atoms with van der Waals surface area (Å²) in [5.74, 6) is -13.0. The number of aliphatic hydroxyl groups is 12. The highest BCUT2D eigenvalue weighted by Crippen LogP contribution is 2.50. The second kappa shape index (κ2) is 47.3. The summed E-state index contributed by atoms with van der Waals surface area (Å²) in [4.78, 5) is 33.5. The molecule has 8 fully saturated rings. The van der Waals surface area contributed by atoms with Crippen molar-refractivity contribution in [1.82, 2.24) is 99.8 Å². The lowest BCUT2D eigenvalue weighted by atomic mass is 10.1. The zero-order valence-corrected chi connectivity index (χ0v) is 78.9. The Hall–Kier alpha value is -9.52. The SMILES string of the molecule is [2H]c1c([2H])c([C@@H]2C([2H])([2H])[C@@]2([2H])Nc2nc(SC([2H])([2H])CC)nc3c2nnn3[C@]2([2H])C([2H])([2H])[C@]([2H])(OCCO)[C@@]([2H])(O)[C@@]2([2H])O)c([2H])c(F)c1C.[2H]c1c([2H])c([C@@H]2C([2H])([2H])[C@@]2([2H])Nc2nc(SCCC)nc3c2nnn3[C@]2([2H])C([2H])([2H])[C@]([2H])(OC([2H])([2H])C([2H])([2H])O)[C@@]([2H])(O)[C@@]2([2H])O)c([2H])c(F)c1C.[2H]c1c([2H])c([C@@H]2C([2H])([2H])[C@@]2([2H])Nc2nc(SCCC)nc3c2nnn3[C@]2([2H])C([2H])([2H])[C@]([2H])(OC([2H])([2H])CO)[C@@]([2H])(O)[C@@]2([2H])O)c([2H])c(F)c1C.[2H]c1c([2H])c([C@@H]2C([2H])([2H])[C@@]2([2H])Nc2nc(SCCC)nc3c2nnn3[C@]2([2H])C([2H])([2H])[C@]([2H])(OCC([2H])([2H])O)[C@@]([2H])(O)[C@@]2([2H])O)c([2H])c(F)c1C. The van der Waals surface area contributed by atoms with E-state index in [2.05, 4.69) is 107 Å². The van der Waals surface area contributed by atoms with Gasteiger partial charge in [0.2, 0.25) is 0 Å². The minimum absolute atomic E-state index is 0.0433. The minimum atomic E-state index is -4.37. The number of hydrogen-bond donors (Lipinski definition) is 16. The number of nitrogens with zero attached hydrogens (tertiary/aromatic N) is 20. The van der Waals surface area contributed by atoms with E-state index >= 15 is 0 Å². The van der Waals surface area contributed by atoms with Crippen LogP contribution in [-0.2, 0) is 18.9 Å². The molecule has 20 rings (SSSR count). The topological polar surface area (TPSA) is 554 Å². The van der Waals surface area contributed by atoms with Gasteiger partial charge >= 0.3 is 0 Å². The number of nitrogens with one attached hydrogen (secondary N) is 4. The number of anilines is 4. The molecular formula is C96H124F4N24O16S4. The van der Waals surface area contributed by atoms with Gasteiger partial charge in [-0.3, -0.25) is 0 Å². The van der Waals surface area contributed by atoms with Crippen LogP contribution in [0.25, 0.3) is 44.7 Å². The predicted octanol–water partition coefficient (Wildman–Crippen LogP) is 8.73. The van der Waals surface area contributed by atoms with Crippen molar-refractivity contribution in [1.29, 1.82) is 0 Å². The highest BCUT2D eigenvalue weighted by Gasteiger charge is 2.51. The van der Waals surface area contributed by atoms with Gasteiger partial charge in [-0.2, -0.15) is 0 Å². The van der Waals surface area contributed by atoms with E-state index < -0.39 is 445 Å². The molecule has 776 valence electrons. The van der Waals surface area contributed by atoms with Gasteiger partial charge in [-0.1, -0.05) is 144 Å². The van der Waals surface area contributed by atoms with Crippen LogP contribution in [-0.4, -0.2) is 334 Å². The van der Waals surface area contributed by atoms with Crippen molar-refractivity contribution in [2.24, 2.45) is 0 Å². The maximum Gasteiger partial charge on any atom is 0.191 e. The Balaban J connectivity index is 0.000000174. The third kappa shape index (κ3) is 23.8. The van der Waals surface area contributed by atoms with Crippen molar-refractivity contribution in [3.8, 4) is 0 Å². The summed E-state index contributed by atoms with van der Waals surface area (Å²) in [7, 11) is 0. The number of thioether (sulfide) groups is 4. The van der Waals surface area contributed by atoms with Gasteiger partial charge < -0.3 is 101 Å². The molecule has 0 bridgehead atoms. The van der Waals surface area contributed by atoms with Gasteiger partial charge in [0.1, 0.15) is 71.9 Å². The minimum Gasteiger partial charge on any atom is -0.394 e. The first-order valence-electron chi connectivity index (χ1n) is 71.8. The average Bonchev–Trinajstić information content (AvgIpc) is 1.47. The van der Waals surface area contributed by atoms with Gasteiger partial charge in [-0.15, -0.1) is 20.4 Å². The fourth-order valence-corrected chi connectivity index (χ4v) is 15.6. The maximum absolute atomic E-state index is 14.9. The molecule has 8 heterocycles. The summed E-state index contributed by atoms with van der Waals surface area (Å²) >= 11 is 3.20. The highest BCUT2D eigenvalue weighted by molar-refractivity contribution is 7.99. The highest BCUT2D eigenvalue weighted by atomic mass is 32.2. The molecule has 8 aromatic heterocycles. The molecule has 8 aliphatic carbocycles. The van der Waals surface area contributed by atoms with Crippen LogP contribution in [0, 0.1) is 51.0 Å². The Kier molecular flexibility index (Phi) is 18.1. The van der Waals surface area contributed by atoms with E-state index in [-0.39, 0.29) is 62.9 Å². The molecule has 4 aromatic carbocycles. The van der Waals surface area contributed by atoms with Crippen molar-refractivity contribution in [3.63, 3.8) is 0 Å². The molecular weight excluding hydrogens is 1950 g/mol. The number of hydrogen-bond acceptors (Lipinski definition) is 40. The van der Waals surface area contributed by atoms with Gasteiger partial charge in [0.15, 0.2) is 88.6 Å². The quantitative estimate of drug-likeness (QED) is 0.00969. The van der Waals surface area contributed by atoms with Crippen LogP contribution in [0.3, 0.4) is 0 Å². The third-order valence-electron chi connectivity index (χ3n) is 20.2. The van der Waals surface area contributed by atoms with Crippen molar-refractivity contribution in [2.75, 3.05) is 96.9 Å². The lowest BCUT2D eigenvalue weighted by Crippen LogP contribution is -2.33. The Bertz CT molecular complexity index is 9660. The molecule has 144 heavy (non-hydrogen) atoms. The first-order valence-corrected chi connectivity index (χ1v) is 46.6. The third-order valence-corrected chi connectivity index (χ3v) is 24.2. The van der Waals surface area contributed by atoms with Crippen LogP contribution >= 0.6 is 47.0 Å². The second-order valence-electron chi connectivity index (χ2n) is 30.4. The maximum atomic E-state index is 14.9. The van der Waals surface area contributed by atoms with Crippen LogP contribution in [0.15, 0.2) is 93.1 Å². The number of ether oxygens (including phenoxy) is 4. The number of benzene rings is 4. The molecule has 8 saturated carbocycles. The summed E-state index contributed by atoms with van der Waals surface area (Å²) in [6.45, 7) is -8.03. The van der Waals surface area contributed by atoms with Crippen LogP contribution < -0.4 is 21.3 Å². The van der Waals surface area contributed by atoms with Crippen molar-refractivity contribution >= 4 is 115 Å². The van der Waals surface area contributed by atoms with Crippen molar-refractivity contribution in [2.45, 2.75) is 297 Å². The van der Waals surface area contributed by atoms with Gasteiger partial charge in [0, 0.05) is 121 Å². The summed E-state index contributed by atoms with van der Waals surface area (Å²) in [5.41, 5.74) is -11.1. The van der Waals surface area contributed by atoms with Crippen molar-refractivity contribution in [3.05, 3.63) is 140 Å². The Morgan fingerprint density at radius 2 is 0.639 bits per heavy atom. The number of halogens is 4. The zero-order valence-electron chi connectivity index (χ0n) is 134. The van der Waals surface area contributed by atoms with E-state index in [1.165, 1.54) is 20.8 Å². The fourth-order valence-electron chi connectivity index (χ4n) is 12.9. The number of fused-ring (bicyclic) bond motifs is 4. The number of aliphatic hydroxyl groups excluding tert-OH is 2. The molecule has 40 nitrogen and oxygen atoms in total. The van der Waals surface area contributed by atoms with Gasteiger partial charge in [-0.25, -0.2) is 76.2 Å². The van der Waals surface area contributed by atoms with E-state index in [4.69, 9.17) is 93.7 Å². The number of aromatic nitrogens is 20. The molecule has 0 amide bonds. The largest absolute Gasteiger partial charge is 0.394 e. The molecule has 0 radical (unpaired) electrons. The first kappa shape index (κ1) is 55.1. The van der Waals surface area contributed by atoms with E-state index in [1.54, 1.807) is 20.8 Å². The van der Waals surface area contributed by atoms with Crippen LogP contribution in [0.1, 0.15) is 276 Å². The van der Waals surface area contributed by atoms with Crippen LogP contribution in [0.5, 0.6) is 0 Å². The fraction of sp³-hybridized carbons (Fsp3) is 0.583. The van der Waals surface area contributed by atoms with E-state index in [1.807, 2.05) is 0 Å². The molecule has 12 aromatic rings. The zero-order chi connectivity index (χ0) is 154. The van der Waals surface area contributed by atoms with E-state index in [0.717, 1.165) is 49.1 Å². The molecule has 16 N–H and O–H groups in total. The lowest BCUT2D eigenvalue weighted by molar-refractivity contribution is -0.0629.